The number of hydrogen-bond acceptors (Lipinski definition) is 8. The number of methoxy groups -OCH3 is 1. The van der Waals surface area contributed by atoms with E-state index in [-0.39, 0.29) is 0 Å². The maximum Gasteiger partial charge on any atom is 0.229 e. The zero-order valence-electron chi connectivity index (χ0n) is 16.6. The number of benzene rings is 2. The van der Waals surface area contributed by atoms with Gasteiger partial charge in [-0.25, -0.2) is 4.98 Å². The number of nitrogens with zero attached hydrogens (tertiary/aromatic N) is 4. The van der Waals surface area contributed by atoms with Crippen LogP contribution in [0.15, 0.2) is 53.2 Å². The number of ether oxygens (including phenoxy) is 1. The van der Waals surface area contributed by atoms with E-state index in [2.05, 4.69) is 30.7 Å². The van der Waals surface area contributed by atoms with Crippen LogP contribution < -0.4 is 15.4 Å². The van der Waals surface area contributed by atoms with Crippen molar-refractivity contribution in [2.24, 2.45) is 0 Å². The fourth-order valence-electron chi connectivity index (χ4n) is 2.82. The summed E-state index contributed by atoms with van der Waals surface area (Å²) < 4.78 is 10.4. The molecule has 30 heavy (non-hydrogen) atoms. The molecule has 2 aromatic carbocycles. The third-order valence-corrected chi connectivity index (χ3v) is 4.66. The van der Waals surface area contributed by atoms with Gasteiger partial charge in [0, 0.05) is 24.2 Å². The van der Waals surface area contributed by atoms with E-state index in [0.717, 1.165) is 28.3 Å². The molecule has 0 aliphatic rings. The zero-order valence-corrected chi connectivity index (χ0v) is 17.4. The first-order valence-corrected chi connectivity index (χ1v) is 9.52. The van der Waals surface area contributed by atoms with Gasteiger partial charge >= 0.3 is 0 Å². The average Bonchev–Trinajstić information content (AvgIpc) is 3.18. The lowest BCUT2D eigenvalue weighted by atomic mass is 10.1. The molecule has 0 atom stereocenters. The summed E-state index contributed by atoms with van der Waals surface area (Å²) in [5.74, 6) is 2.54. The van der Waals surface area contributed by atoms with Gasteiger partial charge in [-0.1, -0.05) is 35.0 Å². The van der Waals surface area contributed by atoms with Gasteiger partial charge in [-0.3, -0.25) is 0 Å². The van der Waals surface area contributed by atoms with Crippen LogP contribution in [0.2, 0.25) is 5.02 Å². The van der Waals surface area contributed by atoms with Crippen LogP contribution in [0.4, 0.5) is 23.1 Å². The summed E-state index contributed by atoms with van der Waals surface area (Å²) >= 11 is 6.35. The number of anilines is 4. The minimum atomic E-state index is 0.377. The van der Waals surface area contributed by atoms with Crippen molar-refractivity contribution >= 4 is 34.7 Å². The molecule has 0 radical (unpaired) electrons. The lowest BCUT2D eigenvalue weighted by Crippen LogP contribution is -2.03. The summed E-state index contributed by atoms with van der Waals surface area (Å²) in [6.45, 7) is 3.73. The highest BCUT2D eigenvalue weighted by Crippen LogP contribution is 2.31. The average molecular weight is 423 g/mol. The molecular weight excluding hydrogens is 404 g/mol. The lowest BCUT2D eigenvalue weighted by Gasteiger charge is -2.13. The highest BCUT2D eigenvalue weighted by atomic mass is 35.5. The molecule has 0 spiro atoms. The first-order chi connectivity index (χ1) is 14.5. The summed E-state index contributed by atoms with van der Waals surface area (Å²) in [6, 6.07) is 13.3. The first-order valence-electron chi connectivity index (χ1n) is 9.14. The van der Waals surface area contributed by atoms with Crippen LogP contribution in [-0.4, -0.2) is 27.2 Å². The lowest BCUT2D eigenvalue weighted by molar-refractivity contribution is 0.394. The fourth-order valence-corrected chi connectivity index (χ4v) is 2.96. The molecule has 0 fully saturated rings. The number of hydrogen-bond donors (Lipinski definition) is 2. The SMILES string of the molecule is COc1ccc(C)c(Nc2ncc(Cl)c(Nc3ccccc3-c3noc(C)n3)n2)c1. The number of aryl methyl sites for hydroxylation is 2. The minimum Gasteiger partial charge on any atom is -0.497 e. The molecule has 0 unspecified atom stereocenters. The predicted molar refractivity (Wildman–Crippen MR) is 116 cm³/mol. The van der Waals surface area contributed by atoms with Crippen LogP contribution in [0.5, 0.6) is 5.75 Å². The Bertz CT molecular complexity index is 1190. The number of para-hydroxylation sites is 1. The van der Waals surface area contributed by atoms with E-state index < -0.39 is 0 Å². The molecule has 2 heterocycles. The maximum absolute atomic E-state index is 6.35. The van der Waals surface area contributed by atoms with Crippen molar-refractivity contribution in [2.75, 3.05) is 17.7 Å². The Labute approximate surface area is 178 Å². The minimum absolute atomic E-state index is 0.377. The van der Waals surface area contributed by atoms with Gasteiger partial charge in [-0.05, 0) is 30.7 Å². The van der Waals surface area contributed by atoms with Crippen LogP contribution in [0.3, 0.4) is 0 Å². The van der Waals surface area contributed by atoms with Crippen LogP contribution >= 0.6 is 11.6 Å². The van der Waals surface area contributed by atoms with Gasteiger partial charge in [-0.15, -0.1) is 0 Å². The van der Waals surface area contributed by atoms with Crippen molar-refractivity contribution < 1.29 is 9.26 Å². The third kappa shape index (κ3) is 4.18. The first kappa shape index (κ1) is 19.7. The van der Waals surface area contributed by atoms with Crippen LogP contribution in [0, 0.1) is 13.8 Å². The summed E-state index contributed by atoms with van der Waals surface area (Å²) in [7, 11) is 1.62. The smallest absolute Gasteiger partial charge is 0.229 e. The maximum atomic E-state index is 6.35. The van der Waals surface area contributed by atoms with Gasteiger partial charge in [0.1, 0.15) is 10.8 Å². The van der Waals surface area contributed by atoms with Crippen molar-refractivity contribution in [3.8, 4) is 17.1 Å². The summed E-state index contributed by atoms with van der Waals surface area (Å²) in [5.41, 5.74) is 3.37. The normalized spacial score (nSPS) is 10.7. The Morgan fingerprint density at radius 2 is 1.83 bits per heavy atom. The van der Waals surface area contributed by atoms with Gasteiger partial charge < -0.3 is 19.9 Å². The second-order valence-electron chi connectivity index (χ2n) is 6.50. The Morgan fingerprint density at radius 1 is 1.00 bits per heavy atom. The van der Waals surface area contributed by atoms with Crippen LogP contribution in [0.1, 0.15) is 11.5 Å². The number of rotatable bonds is 6. The summed E-state index contributed by atoms with van der Waals surface area (Å²) in [4.78, 5) is 13.1. The quantitative estimate of drug-likeness (QED) is 0.432. The molecular formula is C21H19ClN6O2. The molecule has 0 amide bonds. The second kappa shape index (κ2) is 8.38. The largest absolute Gasteiger partial charge is 0.497 e. The topological polar surface area (TPSA) is 98.0 Å². The van der Waals surface area contributed by atoms with E-state index in [9.17, 15) is 0 Å². The van der Waals surface area contributed by atoms with Crippen molar-refractivity contribution in [1.29, 1.82) is 0 Å². The Kier molecular flexibility index (Phi) is 5.49. The van der Waals surface area contributed by atoms with Crippen molar-refractivity contribution in [1.82, 2.24) is 20.1 Å². The Hall–Kier alpha value is -3.65. The Balaban J connectivity index is 1.64. The second-order valence-corrected chi connectivity index (χ2v) is 6.91. The van der Waals surface area contributed by atoms with E-state index >= 15 is 0 Å². The molecule has 9 heteroatoms. The third-order valence-electron chi connectivity index (χ3n) is 4.38. The molecule has 0 saturated heterocycles. The van der Waals surface area contributed by atoms with Gasteiger partial charge in [0.25, 0.3) is 0 Å². The standard InChI is InChI=1S/C21H19ClN6O2/c1-12-8-9-14(29-3)10-18(12)26-21-23-11-16(22)20(27-21)25-17-7-5-4-6-15(17)19-24-13(2)30-28-19/h4-11H,1-3H3,(H2,23,25,26,27). The van der Waals surface area contributed by atoms with Crippen LogP contribution in [-0.2, 0) is 0 Å². The van der Waals surface area contributed by atoms with E-state index in [1.807, 2.05) is 49.4 Å². The van der Waals surface area contributed by atoms with E-state index in [1.54, 1.807) is 14.0 Å². The highest BCUT2D eigenvalue weighted by Gasteiger charge is 2.14. The van der Waals surface area contributed by atoms with Crippen molar-refractivity contribution in [2.45, 2.75) is 13.8 Å². The number of aromatic nitrogens is 4. The highest BCUT2D eigenvalue weighted by molar-refractivity contribution is 6.33. The number of nitrogens with one attached hydrogen (secondary N) is 2. The molecule has 0 bridgehead atoms. The number of halogens is 1. The summed E-state index contributed by atoms with van der Waals surface area (Å²) in [5, 5.41) is 10.8. The summed E-state index contributed by atoms with van der Waals surface area (Å²) in [6.07, 6.45) is 1.54. The molecule has 4 rings (SSSR count). The van der Waals surface area contributed by atoms with Crippen LogP contribution in [0.25, 0.3) is 11.4 Å². The molecule has 2 N–H and O–H groups in total. The van der Waals surface area contributed by atoms with Crippen molar-refractivity contribution in [3.05, 3.63) is 65.1 Å². The van der Waals surface area contributed by atoms with Gasteiger partial charge in [0.2, 0.25) is 17.7 Å². The predicted octanol–water partition coefficient (Wildman–Crippen LogP) is 5.29. The van der Waals surface area contributed by atoms with E-state index in [1.165, 1.54) is 6.20 Å². The fraction of sp³-hybridized carbons (Fsp3) is 0.143. The molecule has 8 nitrogen and oxygen atoms in total. The van der Waals surface area contributed by atoms with Crippen molar-refractivity contribution in [3.63, 3.8) is 0 Å². The molecule has 2 aromatic heterocycles. The monoisotopic (exact) mass is 422 g/mol. The molecule has 0 aliphatic carbocycles. The molecule has 0 saturated carbocycles. The molecule has 4 aromatic rings. The van der Waals surface area contributed by atoms with Gasteiger partial charge in [0.15, 0.2) is 5.82 Å². The van der Waals surface area contributed by atoms with Gasteiger partial charge in [0.05, 0.1) is 19.0 Å². The van der Waals surface area contributed by atoms with Gasteiger partial charge in [-0.2, -0.15) is 9.97 Å². The van der Waals surface area contributed by atoms with E-state index in [4.69, 9.17) is 20.9 Å². The molecule has 0 aliphatic heterocycles. The Morgan fingerprint density at radius 3 is 2.60 bits per heavy atom. The van der Waals surface area contributed by atoms with E-state index in [0.29, 0.717) is 28.5 Å². The molecule has 152 valence electrons. The zero-order chi connectivity index (χ0) is 21.1.